The Morgan fingerprint density at radius 1 is 1.32 bits per heavy atom. The zero-order valence-corrected chi connectivity index (χ0v) is 14.1. The lowest BCUT2D eigenvalue weighted by Gasteiger charge is -2.22. The Morgan fingerprint density at radius 3 is 2.72 bits per heavy atom. The summed E-state index contributed by atoms with van der Waals surface area (Å²) in [6.45, 7) is 1.18. The predicted octanol–water partition coefficient (Wildman–Crippen LogP) is 2.03. The molecule has 1 fully saturated rings. The maximum atomic E-state index is 12.7. The second-order valence-electron chi connectivity index (χ2n) is 5.64. The van der Waals surface area contributed by atoms with Gasteiger partial charge in [-0.1, -0.05) is 30.3 Å². The summed E-state index contributed by atoms with van der Waals surface area (Å²) in [4.78, 5) is 38.0. The van der Waals surface area contributed by atoms with Gasteiger partial charge < -0.3 is 10.6 Å². The molecule has 3 rings (SSSR count). The number of thiophene rings is 1. The normalized spacial score (nSPS) is 19.4. The number of nitriles is 1. The van der Waals surface area contributed by atoms with Gasteiger partial charge >= 0.3 is 6.03 Å². The molecule has 0 saturated carbocycles. The SMILES string of the molecule is CC1(c2ccccc2)NC(=O)N(CC(=O)Nc2sccc2C#N)C1=O. The molecule has 0 bridgehead atoms. The first-order chi connectivity index (χ1) is 12.0. The zero-order valence-electron chi connectivity index (χ0n) is 13.3. The number of anilines is 1. The van der Waals surface area contributed by atoms with E-state index in [1.807, 2.05) is 12.1 Å². The van der Waals surface area contributed by atoms with Crippen molar-refractivity contribution >= 4 is 34.2 Å². The predicted molar refractivity (Wildman–Crippen MR) is 91.7 cm³/mol. The van der Waals surface area contributed by atoms with E-state index in [2.05, 4.69) is 10.6 Å². The largest absolute Gasteiger partial charge is 0.325 e. The summed E-state index contributed by atoms with van der Waals surface area (Å²) in [5.41, 5.74) is -0.231. The van der Waals surface area contributed by atoms with Crippen LogP contribution in [0.3, 0.4) is 0 Å². The summed E-state index contributed by atoms with van der Waals surface area (Å²) in [7, 11) is 0. The Hall–Kier alpha value is -3.18. The molecule has 2 N–H and O–H groups in total. The van der Waals surface area contributed by atoms with E-state index in [1.165, 1.54) is 11.3 Å². The van der Waals surface area contributed by atoms with Crippen LogP contribution >= 0.6 is 11.3 Å². The molecule has 126 valence electrons. The Labute approximate surface area is 147 Å². The van der Waals surface area contributed by atoms with Gasteiger partial charge in [-0.05, 0) is 23.9 Å². The van der Waals surface area contributed by atoms with E-state index >= 15 is 0 Å². The Kier molecular flexibility index (Phi) is 4.25. The highest BCUT2D eigenvalue weighted by atomic mass is 32.1. The van der Waals surface area contributed by atoms with Gasteiger partial charge in [0.2, 0.25) is 5.91 Å². The first kappa shape index (κ1) is 16.7. The van der Waals surface area contributed by atoms with Crippen LogP contribution in [-0.4, -0.2) is 29.3 Å². The van der Waals surface area contributed by atoms with Crippen LogP contribution < -0.4 is 10.6 Å². The van der Waals surface area contributed by atoms with Crippen LogP contribution in [0.15, 0.2) is 41.8 Å². The fourth-order valence-corrected chi connectivity index (χ4v) is 3.37. The lowest BCUT2D eigenvalue weighted by atomic mass is 9.92. The van der Waals surface area contributed by atoms with E-state index in [1.54, 1.807) is 42.6 Å². The zero-order chi connectivity index (χ0) is 18.0. The maximum Gasteiger partial charge on any atom is 0.325 e. The smallest absolute Gasteiger partial charge is 0.319 e. The quantitative estimate of drug-likeness (QED) is 0.820. The third kappa shape index (κ3) is 2.97. The van der Waals surface area contributed by atoms with Crippen molar-refractivity contribution in [2.45, 2.75) is 12.5 Å². The van der Waals surface area contributed by atoms with E-state index < -0.39 is 29.9 Å². The number of carbonyl (C=O) groups is 3. The summed E-state index contributed by atoms with van der Waals surface area (Å²) >= 11 is 1.20. The standard InChI is InChI=1S/C17H14N4O3S/c1-17(12-5-3-2-4-6-12)15(23)21(16(24)20-17)10-13(22)19-14-11(9-18)7-8-25-14/h2-8H,10H2,1H3,(H,19,22)(H,20,24). The highest BCUT2D eigenvalue weighted by molar-refractivity contribution is 7.14. The minimum atomic E-state index is -1.21. The van der Waals surface area contributed by atoms with Crippen LogP contribution in [0.25, 0.3) is 0 Å². The number of benzene rings is 1. The number of imide groups is 1. The van der Waals surface area contributed by atoms with Crippen molar-refractivity contribution in [2.75, 3.05) is 11.9 Å². The van der Waals surface area contributed by atoms with Gasteiger partial charge in [0.05, 0.1) is 5.56 Å². The minimum Gasteiger partial charge on any atom is -0.319 e. The van der Waals surface area contributed by atoms with Gasteiger partial charge in [0, 0.05) is 0 Å². The second kappa shape index (κ2) is 6.37. The lowest BCUT2D eigenvalue weighted by Crippen LogP contribution is -2.42. The molecule has 1 atom stereocenters. The fraction of sp³-hybridized carbons (Fsp3) is 0.176. The number of carbonyl (C=O) groups excluding carboxylic acids is 3. The molecule has 1 aliphatic heterocycles. The van der Waals surface area contributed by atoms with Crippen molar-refractivity contribution in [2.24, 2.45) is 0 Å². The number of amides is 4. The molecule has 1 unspecified atom stereocenters. The summed E-state index contributed by atoms with van der Waals surface area (Å²) in [5.74, 6) is -1.04. The van der Waals surface area contributed by atoms with Crippen molar-refractivity contribution in [1.29, 1.82) is 5.26 Å². The number of hydrogen-bond donors (Lipinski definition) is 2. The molecule has 0 radical (unpaired) electrons. The van der Waals surface area contributed by atoms with Crippen LogP contribution in [0.2, 0.25) is 0 Å². The number of nitrogens with zero attached hydrogens (tertiary/aromatic N) is 2. The van der Waals surface area contributed by atoms with E-state index in [-0.39, 0.29) is 0 Å². The van der Waals surface area contributed by atoms with Crippen LogP contribution in [0.5, 0.6) is 0 Å². The molecule has 0 spiro atoms. The molecule has 2 heterocycles. The first-order valence-corrected chi connectivity index (χ1v) is 8.31. The summed E-state index contributed by atoms with van der Waals surface area (Å²) in [5, 5.41) is 16.2. The fourth-order valence-electron chi connectivity index (χ4n) is 2.61. The molecule has 8 heteroatoms. The highest BCUT2D eigenvalue weighted by Crippen LogP contribution is 2.28. The first-order valence-electron chi connectivity index (χ1n) is 7.43. The minimum absolute atomic E-state index is 0.338. The van der Waals surface area contributed by atoms with E-state index in [0.717, 1.165) is 4.90 Å². The van der Waals surface area contributed by atoms with E-state index in [0.29, 0.717) is 16.1 Å². The van der Waals surface area contributed by atoms with Crippen molar-refractivity contribution < 1.29 is 14.4 Å². The van der Waals surface area contributed by atoms with Crippen LogP contribution in [0, 0.1) is 11.3 Å². The molecule has 1 aromatic heterocycles. The second-order valence-corrected chi connectivity index (χ2v) is 6.55. The van der Waals surface area contributed by atoms with Gasteiger partial charge in [-0.3, -0.25) is 14.5 Å². The number of hydrogen-bond acceptors (Lipinski definition) is 5. The third-order valence-electron chi connectivity index (χ3n) is 3.97. The van der Waals surface area contributed by atoms with Gasteiger partial charge in [0.25, 0.3) is 5.91 Å². The maximum absolute atomic E-state index is 12.7. The number of rotatable bonds is 4. The Balaban J connectivity index is 1.75. The van der Waals surface area contributed by atoms with Crippen molar-refractivity contribution in [1.82, 2.24) is 10.2 Å². The van der Waals surface area contributed by atoms with Crippen molar-refractivity contribution in [3.8, 4) is 6.07 Å². The van der Waals surface area contributed by atoms with Crippen LogP contribution in [-0.2, 0) is 15.1 Å². The van der Waals surface area contributed by atoms with E-state index in [4.69, 9.17) is 5.26 Å². The number of nitrogens with one attached hydrogen (secondary N) is 2. The van der Waals surface area contributed by atoms with E-state index in [9.17, 15) is 14.4 Å². The third-order valence-corrected chi connectivity index (χ3v) is 4.80. The van der Waals surface area contributed by atoms with Gasteiger partial charge in [0.1, 0.15) is 23.2 Å². The highest BCUT2D eigenvalue weighted by Gasteiger charge is 2.49. The topological polar surface area (TPSA) is 102 Å². The van der Waals surface area contributed by atoms with Gasteiger partial charge in [0.15, 0.2) is 0 Å². The molecule has 7 nitrogen and oxygen atoms in total. The summed E-state index contributed by atoms with van der Waals surface area (Å²) < 4.78 is 0. The lowest BCUT2D eigenvalue weighted by molar-refractivity contribution is -0.133. The molecule has 0 aliphatic carbocycles. The van der Waals surface area contributed by atoms with Crippen molar-refractivity contribution in [3.63, 3.8) is 0 Å². The van der Waals surface area contributed by atoms with Gasteiger partial charge in [-0.15, -0.1) is 11.3 Å². The van der Waals surface area contributed by atoms with Crippen LogP contribution in [0.1, 0.15) is 18.1 Å². The molecular formula is C17H14N4O3S. The molecule has 4 amide bonds. The van der Waals surface area contributed by atoms with Crippen molar-refractivity contribution in [3.05, 3.63) is 52.9 Å². The Morgan fingerprint density at radius 2 is 2.04 bits per heavy atom. The average molecular weight is 354 g/mol. The monoisotopic (exact) mass is 354 g/mol. The molecular weight excluding hydrogens is 340 g/mol. The molecule has 1 aromatic carbocycles. The van der Waals surface area contributed by atoms with Crippen LogP contribution in [0.4, 0.5) is 9.80 Å². The summed E-state index contributed by atoms with van der Waals surface area (Å²) in [6.07, 6.45) is 0. The molecule has 1 aliphatic rings. The average Bonchev–Trinajstić information content (AvgIpc) is 3.14. The van der Waals surface area contributed by atoms with Gasteiger partial charge in [-0.25, -0.2) is 4.79 Å². The summed E-state index contributed by atoms with van der Waals surface area (Å²) in [6, 6.07) is 11.8. The molecule has 2 aromatic rings. The Bertz CT molecular complexity index is 887. The number of urea groups is 1. The van der Waals surface area contributed by atoms with Gasteiger partial charge in [-0.2, -0.15) is 5.26 Å². The molecule has 1 saturated heterocycles. The molecule has 25 heavy (non-hydrogen) atoms.